The molecular weight excluding hydrogens is 337 g/mol. The summed E-state index contributed by atoms with van der Waals surface area (Å²) in [6.07, 6.45) is 0.347. The van der Waals surface area contributed by atoms with Crippen molar-refractivity contribution in [2.24, 2.45) is 0 Å². The smallest absolute Gasteiger partial charge is 0.164 e. The zero-order valence-electron chi connectivity index (χ0n) is 13.5. The minimum atomic E-state index is -0.457. The lowest BCUT2D eigenvalue weighted by molar-refractivity contribution is 0.0986. The van der Waals surface area contributed by atoms with Crippen LogP contribution in [0.2, 0.25) is 5.02 Å². The number of anilines is 1. The lowest BCUT2D eigenvalue weighted by atomic mass is 10.0. The van der Waals surface area contributed by atoms with Crippen molar-refractivity contribution in [3.63, 3.8) is 0 Å². The Morgan fingerprint density at radius 1 is 0.920 bits per heavy atom. The van der Waals surface area contributed by atoms with Crippen LogP contribution in [0.4, 0.5) is 10.1 Å². The van der Waals surface area contributed by atoms with E-state index in [0.29, 0.717) is 24.2 Å². The third kappa shape index (κ3) is 4.46. The van der Waals surface area contributed by atoms with Gasteiger partial charge in [0.15, 0.2) is 5.78 Å². The molecule has 3 aromatic carbocycles. The van der Waals surface area contributed by atoms with Gasteiger partial charge in [0.1, 0.15) is 5.82 Å². The Labute approximate surface area is 151 Å². The van der Waals surface area contributed by atoms with Gasteiger partial charge in [0, 0.05) is 24.2 Å². The maximum Gasteiger partial charge on any atom is 0.164 e. The average molecular weight is 354 g/mol. The second kappa shape index (κ2) is 7.95. The van der Waals surface area contributed by atoms with Crippen molar-refractivity contribution in [1.29, 1.82) is 0 Å². The van der Waals surface area contributed by atoms with Crippen LogP contribution in [0.5, 0.6) is 0 Å². The van der Waals surface area contributed by atoms with Gasteiger partial charge >= 0.3 is 0 Å². The number of rotatable bonds is 6. The molecule has 0 heterocycles. The number of carbonyl (C=O) groups excluding carboxylic acids is 1. The van der Waals surface area contributed by atoms with E-state index in [2.05, 4.69) is 5.32 Å². The molecule has 0 radical (unpaired) electrons. The number of halogens is 2. The summed E-state index contributed by atoms with van der Waals surface area (Å²) in [5.74, 6) is -0.401. The van der Waals surface area contributed by atoms with Crippen molar-refractivity contribution < 1.29 is 9.18 Å². The number of hydrogen-bond donors (Lipinski definition) is 1. The van der Waals surface area contributed by atoms with E-state index in [-0.39, 0.29) is 10.8 Å². The molecule has 1 N–H and O–H groups in total. The Balaban J connectivity index is 1.57. The highest BCUT2D eigenvalue weighted by Crippen LogP contribution is 2.21. The van der Waals surface area contributed by atoms with Crippen molar-refractivity contribution in [2.75, 3.05) is 11.9 Å². The van der Waals surface area contributed by atoms with Crippen molar-refractivity contribution in [2.45, 2.75) is 6.42 Å². The van der Waals surface area contributed by atoms with Crippen LogP contribution in [-0.4, -0.2) is 12.3 Å². The lowest BCUT2D eigenvalue weighted by Crippen LogP contribution is -2.09. The van der Waals surface area contributed by atoms with E-state index in [4.69, 9.17) is 11.6 Å². The third-order valence-electron chi connectivity index (χ3n) is 3.91. The van der Waals surface area contributed by atoms with Gasteiger partial charge in [0.2, 0.25) is 0 Å². The maximum absolute atomic E-state index is 13.1. The van der Waals surface area contributed by atoms with Gasteiger partial charge in [-0.15, -0.1) is 0 Å². The molecule has 3 aromatic rings. The first-order valence-corrected chi connectivity index (χ1v) is 8.39. The van der Waals surface area contributed by atoms with Gasteiger partial charge in [0.25, 0.3) is 0 Å². The van der Waals surface area contributed by atoms with Crippen molar-refractivity contribution in [3.05, 3.63) is 89.2 Å². The van der Waals surface area contributed by atoms with Gasteiger partial charge in [-0.1, -0.05) is 66.2 Å². The standard InChI is InChI=1S/C21H17ClFNO/c22-19-14-18(10-11-20(19)23)24-13-12-21(25)17-8-6-16(7-9-17)15-4-2-1-3-5-15/h1-11,14,24H,12-13H2. The van der Waals surface area contributed by atoms with Crippen LogP contribution in [0.25, 0.3) is 11.1 Å². The van der Waals surface area contributed by atoms with E-state index in [1.807, 2.05) is 54.6 Å². The number of benzene rings is 3. The minimum Gasteiger partial charge on any atom is -0.385 e. The summed E-state index contributed by atoms with van der Waals surface area (Å²) in [5.41, 5.74) is 3.57. The van der Waals surface area contributed by atoms with Crippen LogP contribution in [-0.2, 0) is 0 Å². The Morgan fingerprint density at radius 3 is 2.28 bits per heavy atom. The molecule has 0 aliphatic carbocycles. The fourth-order valence-electron chi connectivity index (χ4n) is 2.55. The van der Waals surface area contributed by atoms with Crippen LogP contribution in [0.1, 0.15) is 16.8 Å². The number of nitrogens with one attached hydrogen (secondary N) is 1. The van der Waals surface area contributed by atoms with Gasteiger partial charge in [-0.05, 0) is 29.3 Å². The molecule has 0 atom stereocenters. The van der Waals surface area contributed by atoms with E-state index < -0.39 is 5.82 Å². The van der Waals surface area contributed by atoms with E-state index in [9.17, 15) is 9.18 Å². The summed E-state index contributed by atoms with van der Waals surface area (Å²) in [6, 6.07) is 22.0. The summed E-state index contributed by atoms with van der Waals surface area (Å²) in [6.45, 7) is 0.460. The minimum absolute atomic E-state index is 0.0559. The number of carbonyl (C=O) groups is 1. The molecule has 25 heavy (non-hydrogen) atoms. The molecule has 0 aliphatic heterocycles. The maximum atomic E-state index is 13.1. The molecule has 4 heteroatoms. The third-order valence-corrected chi connectivity index (χ3v) is 4.20. The monoisotopic (exact) mass is 353 g/mol. The fourth-order valence-corrected chi connectivity index (χ4v) is 2.73. The zero-order chi connectivity index (χ0) is 17.6. The molecule has 0 saturated carbocycles. The van der Waals surface area contributed by atoms with Crippen LogP contribution in [0.15, 0.2) is 72.8 Å². The molecule has 3 rings (SSSR count). The number of Topliss-reactive ketones (excluding diaryl/α,β-unsaturated/α-hetero) is 1. The van der Waals surface area contributed by atoms with E-state index in [1.165, 1.54) is 12.1 Å². The fraction of sp³-hybridized carbons (Fsp3) is 0.0952. The predicted molar refractivity (Wildman–Crippen MR) is 101 cm³/mol. The summed E-state index contributed by atoms with van der Waals surface area (Å²) in [4.78, 5) is 12.3. The topological polar surface area (TPSA) is 29.1 Å². The molecule has 0 unspecified atom stereocenters. The highest BCUT2D eigenvalue weighted by atomic mass is 35.5. The molecule has 0 spiro atoms. The largest absolute Gasteiger partial charge is 0.385 e. The molecular formula is C21H17ClFNO. The van der Waals surface area contributed by atoms with Crippen molar-refractivity contribution in [3.8, 4) is 11.1 Å². The SMILES string of the molecule is O=C(CCNc1ccc(F)c(Cl)c1)c1ccc(-c2ccccc2)cc1. The molecule has 2 nitrogen and oxygen atoms in total. The zero-order valence-corrected chi connectivity index (χ0v) is 14.3. The van der Waals surface area contributed by atoms with Gasteiger partial charge in [-0.2, -0.15) is 0 Å². The van der Waals surface area contributed by atoms with Gasteiger partial charge in [-0.25, -0.2) is 4.39 Å². The molecule has 0 aromatic heterocycles. The predicted octanol–water partition coefficient (Wildman–Crippen LogP) is 5.83. The second-order valence-corrected chi connectivity index (χ2v) is 6.08. The Hall–Kier alpha value is -2.65. The lowest BCUT2D eigenvalue weighted by Gasteiger charge is -2.07. The van der Waals surface area contributed by atoms with Crippen LogP contribution < -0.4 is 5.32 Å². The van der Waals surface area contributed by atoms with E-state index in [0.717, 1.165) is 11.1 Å². The normalized spacial score (nSPS) is 10.5. The molecule has 0 aliphatic rings. The molecule has 0 bridgehead atoms. The first-order chi connectivity index (χ1) is 12.1. The highest BCUT2D eigenvalue weighted by molar-refractivity contribution is 6.31. The van der Waals surface area contributed by atoms with E-state index >= 15 is 0 Å². The van der Waals surface area contributed by atoms with Crippen LogP contribution >= 0.6 is 11.6 Å². The Kier molecular flexibility index (Phi) is 5.46. The average Bonchev–Trinajstić information content (AvgIpc) is 2.65. The van der Waals surface area contributed by atoms with Crippen LogP contribution in [0.3, 0.4) is 0 Å². The van der Waals surface area contributed by atoms with Crippen LogP contribution in [0, 0.1) is 5.82 Å². The van der Waals surface area contributed by atoms with Gasteiger partial charge in [0.05, 0.1) is 5.02 Å². The Morgan fingerprint density at radius 2 is 1.60 bits per heavy atom. The van der Waals surface area contributed by atoms with Crippen molar-refractivity contribution >= 4 is 23.1 Å². The first kappa shape index (κ1) is 17.2. The number of hydrogen-bond acceptors (Lipinski definition) is 2. The van der Waals surface area contributed by atoms with Gasteiger partial charge < -0.3 is 5.32 Å². The molecule has 126 valence electrons. The first-order valence-electron chi connectivity index (χ1n) is 8.01. The summed E-state index contributed by atoms with van der Waals surface area (Å²) >= 11 is 5.73. The molecule has 0 fully saturated rings. The number of ketones is 1. The van der Waals surface area contributed by atoms with E-state index in [1.54, 1.807) is 6.07 Å². The quantitative estimate of drug-likeness (QED) is 0.565. The van der Waals surface area contributed by atoms with Crippen molar-refractivity contribution in [1.82, 2.24) is 0 Å². The summed E-state index contributed by atoms with van der Waals surface area (Å²) < 4.78 is 13.1. The molecule has 0 amide bonds. The molecule has 0 saturated heterocycles. The summed E-state index contributed by atoms with van der Waals surface area (Å²) in [7, 11) is 0. The van der Waals surface area contributed by atoms with Gasteiger partial charge in [-0.3, -0.25) is 4.79 Å². The Bertz CT molecular complexity index is 863. The highest BCUT2D eigenvalue weighted by Gasteiger charge is 2.07. The second-order valence-electron chi connectivity index (χ2n) is 5.67. The summed E-state index contributed by atoms with van der Waals surface area (Å²) in [5, 5.41) is 3.14.